The van der Waals surface area contributed by atoms with E-state index in [4.69, 9.17) is 16.3 Å². The van der Waals surface area contributed by atoms with Crippen molar-refractivity contribution >= 4 is 17.4 Å². The summed E-state index contributed by atoms with van der Waals surface area (Å²) in [6, 6.07) is 2.90. The Bertz CT molecular complexity index is 268. The van der Waals surface area contributed by atoms with Crippen LogP contribution in [0.5, 0.6) is 0 Å². The van der Waals surface area contributed by atoms with Gasteiger partial charge >= 0.3 is 0 Å². The quantitative estimate of drug-likeness (QED) is 0.767. The van der Waals surface area contributed by atoms with E-state index >= 15 is 0 Å². The first-order valence-corrected chi connectivity index (χ1v) is 4.64. The number of pyridine rings is 1. The van der Waals surface area contributed by atoms with Crippen molar-refractivity contribution in [2.45, 2.75) is 5.38 Å². The van der Waals surface area contributed by atoms with Crippen molar-refractivity contribution in [1.29, 1.82) is 0 Å². The summed E-state index contributed by atoms with van der Waals surface area (Å²) in [6.07, 6.45) is 1.15. The van der Waals surface area contributed by atoms with Gasteiger partial charge in [0.2, 0.25) is 0 Å². The first kappa shape index (κ1) is 11.2. The Morgan fingerprint density at radius 3 is 3.00 bits per heavy atom. The number of methoxy groups -OCH3 is 1. The highest BCUT2D eigenvalue weighted by molar-refractivity contribution is 6.21. The van der Waals surface area contributed by atoms with Crippen LogP contribution in [0.15, 0.2) is 18.3 Å². The third kappa shape index (κ3) is 3.89. The Morgan fingerprint density at radius 2 is 2.43 bits per heavy atom. The van der Waals surface area contributed by atoms with Crippen LogP contribution in [-0.2, 0) is 4.74 Å². The minimum Gasteiger partial charge on any atom is -0.383 e. The highest BCUT2D eigenvalue weighted by Gasteiger charge is 2.03. The zero-order valence-corrected chi connectivity index (χ0v) is 8.59. The minimum atomic E-state index is -0.352. The van der Waals surface area contributed by atoms with Crippen LogP contribution in [0.3, 0.4) is 0 Å². The summed E-state index contributed by atoms with van der Waals surface area (Å²) in [6.45, 7) is 1.00. The molecule has 1 aromatic rings. The predicted octanol–water partition coefficient (Wildman–Crippen LogP) is 1.89. The molecule has 1 atom stereocenters. The molecule has 1 unspecified atom stereocenters. The number of alkyl halides is 1. The Balaban J connectivity index is 2.34. The largest absolute Gasteiger partial charge is 0.383 e. The molecule has 0 saturated heterocycles. The Morgan fingerprint density at radius 1 is 1.64 bits per heavy atom. The summed E-state index contributed by atoms with van der Waals surface area (Å²) in [5, 5.41) is 2.85. The second kappa shape index (κ2) is 5.78. The van der Waals surface area contributed by atoms with Crippen LogP contribution in [0.1, 0.15) is 0 Å². The first-order valence-electron chi connectivity index (χ1n) is 4.21. The monoisotopic (exact) mass is 218 g/mol. The van der Waals surface area contributed by atoms with Gasteiger partial charge in [0.15, 0.2) is 0 Å². The van der Waals surface area contributed by atoms with Crippen molar-refractivity contribution in [1.82, 2.24) is 4.98 Å². The van der Waals surface area contributed by atoms with Crippen molar-refractivity contribution in [3.8, 4) is 0 Å². The number of anilines is 1. The van der Waals surface area contributed by atoms with Gasteiger partial charge in [-0.25, -0.2) is 9.37 Å². The van der Waals surface area contributed by atoms with Crippen LogP contribution in [0.2, 0.25) is 0 Å². The van der Waals surface area contributed by atoms with Crippen molar-refractivity contribution < 1.29 is 9.13 Å². The van der Waals surface area contributed by atoms with Gasteiger partial charge in [0.05, 0.1) is 18.2 Å². The fourth-order valence-corrected chi connectivity index (χ4v) is 1.14. The molecule has 3 nitrogen and oxygen atoms in total. The van der Waals surface area contributed by atoms with Gasteiger partial charge in [0.1, 0.15) is 11.6 Å². The Kier molecular flexibility index (Phi) is 4.62. The minimum absolute atomic E-state index is 0.119. The molecule has 14 heavy (non-hydrogen) atoms. The van der Waals surface area contributed by atoms with Gasteiger partial charge in [0, 0.05) is 13.7 Å². The lowest BCUT2D eigenvalue weighted by molar-refractivity contribution is 0.200. The van der Waals surface area contributed by atoms with Gasteiger partial charge in [-0.3, -0.25) is 0 Å². The molecule has 1 rings (SSSR count). The molecule has 0 aliphatic rings. The maximum Gasteiger partial charge on any atom is 0.141 e. The molecule has 0 spiro atoms. The smallest absolute Gasteiger partial charge is 0.141 e. The summed E-state index contributed by atoms with van der Waals surface area (Å²) in [5.41, 5.74) is 0. The number of nitrogens with one attached hydrogen (secondary N) is 1. The summed E-state index contributed by atoms with van der Waals surface area (Å²) >= 11 is 5.87. The van der Waals surface area contributed by atoms with E-state index in [1.165, 1.54) is 6.07 Å². The Labute approximate surface area is 87.2 Å². The molecule has 0 amide bonds. The lowest BCUT2D eigenvalue weighted by atomic mass is 10.4. The number of hydrogen-bond donors (Lipinski definition) is 1. The van der Waals surface area contributed by atoms with Crippen LogP contribution in [0.4, 0.5) is 10.2 Å². The lowest BCUT2D eigenvalue weighted by Gasteiger charge is -2.09. The fraction of sp³-hybridized carbons (Fsp3) is 0.444. The van der Waals surface area contributed by atoms with E-state index in [0.717, 1.165) is 6.20 Å². The average Bonchev–Trinajstić information content (AvgIpc) is 2.17. The second-order valence-corrected chi connectivity index (χ2v) is 3.41. The van der Waals surface area contributed by atoms with Gasteiger partial charge in [-0.15, -0.1) is 11.6 Å². The van der Waals surface area contributed by atoms with Gasteiger partial charge < -0.3 is 10.1 Å². The number of hydrogen-bond acceptors (Lipinski definition) is 3. The molecule has 1 heterocycles. The number of rotatable bonds is 5. The Hall–Kier alpha value is -0.870. The van der Waals surface area contributed by atoms with E-state index in [-0.39, 0.29) is 11.2 Å². The topological polar surface area (TPSA) is 34.1 Å². The van der Waals surface area contributed by atoms with Crippen molar-refractivity contribution in [2.24, 2.45) is 0 Å². The zero-order chi connectivity index (χ0) is 10.4. The van der Waals surface area contributed by atoms with E-state index in [2.05, 4.69) is 10.3 Å². The summed E-state index contributed by atoms with van der Waals surface area (Å²) < 4.78 is 17.3. The highest BCUT2D eigenvalue weighted by atomic mass is 35.5. The average molecular weight is 219 g/mol. The fourth-order valence-electron chi connectivity index (χ4n) is 0.935. The molecule has 0 saturated carbocycles. The maximum absolute atomic E-state index is 12.5. The standard InChI is InChI=1S/C9H12ClFN2O/c1-14-6-7(10)4-12-9-3-2-8(11)5-13-9/h2-3,5,7H,4,6H2,1H3,(H,12,13). The van der Waals surface area contributed by atoms with Gasteiger partial charge in [-0.1, -0.05) is 0 Å². The molecule has 0 aromatic carbocycles. The molecule has 5 heteroatoms. The molecule has 0 fully saturated rings. The van der Waals surface area contributed by atoms with E-state index in [0.29, 0.717) is 19.0 Å². The number of ether oxygens (including phenoxy) is 1. The molecular weight excluding hydrogens is 207 g/mol. The van der Waals surface area contributed by atoms with Crippen molar-refractivity contribution in [2.75, 3.05) is 25.6 Å². The van der Waals surface area contributed by atoms with Crippen LogP contribution >= 0.6 is 11.6 Å². The van der Waals surface area contributed by atoms with E-state index in [1.54, 1.807) is 13.2 Å². The number of aromatic nitrogens is 1. The highest BCUT2D eigenvalue weighted by Crippen LogP contribution is 2.04. The third-order valence-corrected chi connectivity index (χ3v) is 1.86. The molecule has 0 bridgehead atoms. The van der Waals surface area contributed by atoms with Gasteiger partial charge in [0.25, 0.3) is 0 Å². The third-order valence-electron chi connectivity index (χ3n) is 1.58. The summed E-state index contributed by atoms with van der Waals surface area (Å²) in [5.74, 6) is 0.253. The lowest BCUT2D eigenvalue weighted by Crippen LogP contribution is -2.19. The van der Waals surface area contributed by atoms with Crippen LogP contribution in [-0.4, -0.2) is 30.6 Å². The van der Waals surface area contributed by atoms with E-state index < -0.39 is 0 Å². The van der Waals surface area contributed by atoms with Crippen molar-refractivity contribution in [3.05, 3.63) is 24.1 Å². The first-order chi connectivity index (χ1) is 6.72. The molecule has 0 radical (unpaired) electrons. The van der Waals surface area contributed by atoms with Crippen LogP contribution in [0, 0.1) is 5.82 Å². The van der Waals surface area contributed by atoms with Crippen LogP contribution in [0.25, 0.3) is 0 Å². The zero-order valence-electron chi connectivity index (χ0n) is 7.84. The normalized spacial score (nSPS) is 12.5. The molecule has 78 valence electrons. The molecule has 0 aliphatic carbocycles. The van der Waals surface area contributed by atoms with E-state index in [1.807, 2.05) is 0 Å². The summed E-state index contributed by atoms with van der Waals surface area (Å²) in [4.78, 5) is 3.82. The maximum atomic E-state index is 12.5. The van der Waals surface area contributed by atoms with E-state index in [9.17, 15) is 4.39 Å². The molecule has 1 aromatic heterocycles. The predicted molar refractivity (Wildman–Crippen MR) is 54.2 cm³/mol. The molecule has 0 aliphatic heterocycles. The SMILES string of the molecule is COCC(Cl)CNc1ccc(F)cn1. The number of halogens is 2. The molecule has 1 N–H and O–H groups in total. The molecular formula is C9H12ClFN2O. The van der Waals surface area contributed by atoms with Gasteiger partial charge in [-0.05, 0) is 12.1 Å². The van der Waals surface area contributed by atoms with Crippen molar-refractivity contribution in [3.63, 3.8) is 0 Å². The summed E-state index contributed by atoms with van der Waals surface area (Å²) in [7, 11) is 1.59. The number of nitrogens with zero attached hydrogens (tertiary/aromatic N) is 1. The second-order valence-electron chi connectivity index (χ2n) is 2.80. The van der Waals surface area contributed by atoms with Crippen LogP contribution < -0.4 is 5.32 Å². The van der Waals surface area contributed by atoms with Gasteiger partial charge in [-0.2, -0.15) is 0 Å².